The fourth-order valence-electron chi connectivity index (χ4n) is 1.96. The third kappa shape index (κ3) is 3.18. The lowest BCUT2D eigenvalue weighted by Crippen LogP contribution is -2.11. The monoisotopic (exact) mass is 293 g/mol. The number of benzene rings is 1. The summed E-state index contributed by atoms with van der Waals surface area (Å²) < 4.78 is 2.01. The van der Waals surface area contributed by atoms with Crippen LogP contribution < -0.4 is 5.32 Å². The number of nitro groups is 1. The van der Waals surface area contributed by atoms with Crippen LogP contribution in [-0.2, 0) is 6.54 Å². The minimum Gasteiger partial charge on any atom is -0.350 e. The fourth-order valence-corrected chi connectivity index (χ4v) is 2.19. The highest BCUT2D eigenvalue weighted by atomic mass is 35.5. The molecule has 0 bridgehead atoms. The summed E-state index contributed by atoms with van der Waals surface area (Å²) in [6.45, 7) is 2.67. The summed E-state index contributed by atoms with van der Waals surface area (Å²) in [7, 11) is 1.91. The molecule has 0 spiro atoms. The topological polar surface area (TPSA) is 60.1 Å². The molecule has 6 heteroatoms. The summed E-state index contributed by atoms with van der Waals surface area (Å²) in [5.41, 5.74) is 2.05. The molecule has 1 atom stereocenters. The number of nitrogens with zero attached hydrogens (tertiary/aromatic N) is 2. The van der Waals surface area contributed by atoms with Crippen LogP contribution in [0.5, 0.6) is 0 Å². The second kappa shape index (κ2) is 6.07. The van der Waals surface area contributed by atoms with E-state index < -0.39 is 4.92 Å². The molecule has 5 nitrogen and oxygen atoms in total. The van der Waals surface area contributed by atoms with Crippen LogP contribution in [0.25, 0.3) is 0 Å². The van der Waals surface area contributed by atoms with E-state index in [1.807, 2.05) is 30.1 Å². The number of hydrogen-bond donors (Lipinski definition) is 1. The summed E-state index contributed by atoms with van der Waals surface area (Å²) in [6.07, 6.45) is 4.01. The first-order chi connectivity index (χ1) is 9.51. The minimum absolute atomic E-state index is 0.00995. The number of halogens is 1. The van der Waals surface area contributed by atoms with Gasteiger partial charge in [0.25, 0.3) is 5.69 Å². The van der Waals surface area contributed by atoms with Gasteiger partial charge in [-0.05, 0) is 37.2 Å². The van der Waals surface area contributed by atoms with Gasteiger partial charge < -0.3 is 9.88 Å². The average Bonchev–Trinajstić information content (AvgIpc) is 2.88. The predicted molar refractivity (Wildman–Crippen MR) is 79.1 cm³/mol. The van der Waals surface area contributed by atoms with E-state index in [9.17, 15) is 10.1 Å². The minimum atomic E-state index is -0.446. The summed E-state index contributed by atoms with van der Waals surface area (Å²) in [6, 6.07) is 6.88. The van der Waals surface area contributed by atoms with Crippen molar-refractivity contribution < 1.29 is 4.92 Å². The molecular formula is C14H16ClN3O2. The van der Waals surface area contributed by atoms with Crippen LogP contribution >= 0.6 is 11.6 Å². The molecule has 0 fully saturated rings. The largest absolute Gasteiger partial charge is 0.350 e. The van der Waals surface area contributed by atoms with Gasteiger partial charge in [-0.3, -0.25) is 10.1 Å². The molecule has 0 aliphatic heterocycles. The zero-order valence-corrected chi connectivity index (χ0v) is 12.1. The molecule has 0 radical (unpaired) electrons. The predicted octanol–water partition coefficient (Wildman–Crippen LogP) is 3.38. The Morgan fingerprint density at radius 2 is 2.20 bits per heavy atom. The fraction of sp³-hybridized carbons (Fsp3) is 0.286. The zero-order chi connectivity index (χ0) is 14.7. The van der Waals surface area contributed by atoms with Crippen molar-refractivity contribution in [1.82, 2.24) is 9.88 Å². The quantitative estimate of drug-likeness (QED) is 0.679. The summed E-state index contributed by atoms with van der Waals surface area (Å²) in [5.74, 6) is 0. The maximum absolute atomic E-state index is 10.7. The van der Waals surface area contributed by atoms with Crippen LogP contribution in [0.3, 0.4) is 0 Å². The third-order valence-electron chi connectivity index (χ3n) is 3.31. The molecule has 0 amide bonds. The number of nitrogens with one attached hydrogen (secondary N) is 1. The van der Waals surface area contributed by atoms with E-state index in [0.717, 1.165) is 5.56 Å². The van der Waals surface area contributed by atoms with Crippen molar-refractivity contribution in [2.75, 3.05) is 7.05 Å². The van der Waals surface area contributed by atoms with E-state index in [0.29, 0.717) is 11.6 Å². The summed E-state index contributed by atoms with van der Waals surface area (Å²) >= 11 is 6.09. The first-order valence-electron chi connectivity index (χ1n) is 6.27. The lowest BCUT2D eigenvalue weighted by atomic mass is 10.2. The number of non-ortho nitro benzene ring substituents is 1. The Morgan fingerprint density at radius 3 is 2.80 bits per heavy atom. The van der Waals surface area contributed by atoms with Crippen molar-refractivity contribution >= 4 is 17.3 Å². The maximum Gasteiger partial charge on any atom is 0.270 e. The van der Waals surface area contributed by atoms with Crippen LogP contribution in [0.2, 0.25) is 5.02 Å². The highest BCUT2D eigenvalue weighted by Crippen LogP contribution is 2.23. The van der Waals surface area contributed by atoms with Crippen molar-refractivity contribution in [3.8, 4) is 0 Å². The van der Waals surface area contributed by atoms with Gasteiger partial charge in [-0.2, -0.15) is 0 Å². The highest BCUT2D eigenvalue weighted by molar-refractivity contribution is 6.31. The second-order valence-electron chi connectivity index (χ2n) is 4.66. The van der Waals surface area contributed by atoms with Crippen LogP contribution in [0.1, 0.15) is 24.1 Å². The molecule has 20 heavy (non-hydrogen) atoms. The van der Waals surface area contributed by atoms with Crippen molar-refractivity contribution in [3.63, 3.8) is 0 Å². The Balaban J connectivity index is 2.18. The normalized spacial score (nSPS) is 12.3. The van der Waals surface area contributed by atoms with E-state index in [1.54, 1.807) is 6.07 Å². The van der Waals surface area contributed by atoms with Crippen LogP contribution in [0.4, 0.5) is 5.69 Å². The van der Waals surface area contributed by atoms with Gasteiger partial charge in [0, 0.05) is 37.1 Å². The van der Waals surface area contributed by atoms with Gasteiger partial charge in [-0.25, -0.2) is 0 Å². The molecule has 0 aliphatic carbocycles. The molecule has 2 rings (SSSR count). The van der Waals surface area contributed by atoms with Gasteiger partial charge in [0.05, 0.1) is 9.95 Å². The van der Waals surface area contributed by atoms with Crippen LogP contribution in [0, 0.1) is 10.1 Å². The highest BCUT2D eigenvalue weighted by Gasteiger charge is 2.10. The van der Waals surface area contributed by atoms with Crippen molar-refractivity contribution in [1.29, 1.82) is 0 Å². The van der Waals surface area contributed by atoms with Gasteiger partial charge >= 0.3 is 0 Å². The van der Waals surface area contributed by atoms with E-state index in [1.165, 1.54) is 17.7 Å². The lowest BCUT2D eigenvalue weighted by Gasteiger charge is -2.08. The van der Waals surface area contributed by atoms with E-state index in [2.05, 4.69) is 12.2 Å². The second-order valence-corrected chi connectivity index (χ2v) is 5.07. The number of nitro benzene ring substituents is 1. The molecule has 1 aromatic carbocycles. The summed E-state index contributed by atoms with van der Waals surface area (Å²) in [5, 5.41) is 14.3. The molecule has 1 unspecified atom stereocenters. The number of aromatic nitrogens is 1. The van der Waals surface area contributed by atoms with Crippen LogP contribution in [0.15, 0.2) is 36.7 Å². The van der Waals surface area contributed by atoms with E-state index >= 15 is 0 Å². The van der Waals surface area contributed by atoms with Crippen molar-refractivity contribution in [2.24, 2.45) is 0 Å². The Kier molecular flexibility index (Phi) is 4.42. The lowest BCUT2D eigenvalue weighted by molar-refractivity contribution is -0.384. The first kappa shape index (κ1) is 14.6. The molecule has 1 aromatic heterocycles. The Hall–Kier alpha value is -1.85. The number of hydrogen-bond acceptors (Lipinski definition) is 3. The third-order valence-corrected chi connectivity index (χ3v) is 3.66. The Morgan fingerprint density at radius 1 is 1.45 bits per heavy atom. The van der Waals surface area contributed by atoms with Crippen molar-refractivity contribution in [2.45, 2.75) is 19.5 Å². The molecule has 0 saturated heterocycles. The van der Waals surface area contributed by atoms with E-state index in [-0.39, 0.29) is 11.7 Å². The molecule has 1 heterocycles. The molecule has 0 saturated carbocycles. The van der Waals surface area contributed by atoms with Gasteiger partial charge in [0.2, 0.25) is 0 Å². The Bertz CT molecular complexity index is 625. The molecular weight excluding hydrogens is 278 g/mol. The maximum atomic E-state index is 10.7. The van der Waals surface area contributed by atoms with Gasteiger partial charge in [-0.1, -0.05) is 11.6 Å². The van der Waals surface area contributed by atoms with Gasteiger partial charge in [0.1, 0.15) is 0 Å². The molecule has 0 aliphatic rings. The van der Waals surface area contributed by atoms with Crippen LogP contribution in [-0.4, -0.2) is 16.5 Å². The molecule has 106 valence electrons. The Labute approximate surface area is 122 Å². The van der Waals surface area contributed by atoms with Gasteiger partial charge in [-0.15, -0.1) is 0 Å². The smallest absolute Gasteiger partial charge is 0.270 e. The zero-order valence-electron chi connectivity index (χ0n) is 11.3. The standard InChI is InChI=1S/C14H16ClN3O2/c1-10(16-2)11-5-6-17(8-11)9-12-3-4-13(18(19)20)7-14(12)15/h3-8,10,16H,9H2,1-2H3. The number of rotatable bonds is 5. The van der Waals surface area contributed by atoms with Gasteiger partial charge in [0.15, 0.2) is 0 Å². The summed E-state index contributed by atoms with van der Waals surface area (Å²) in [4.78, 5) is 10.2. The molecule has 2 aromatic rings. The van der Waals surface area contributed by atoms with Crippen molar-refractivity contribution in [3.05, 3.63) is 62.9 Å². The molecule has 1 N–H and O–H groups in total. The SMILES string of the molecule is CNC(C)c1ccn(Cc2ccc([N+](=O)[O-])cc2Cl)c1. The average molecular weight is 294 g/mol. The van der Waals surface area contributed by atoms with E-state index in [4.69, 9.17) is 11.6 Å². The first-order valence-corrected chi connectivity index (χ1v) is 6.65.